The number of rotatable bonds is 7. The number of anilines is 1. The fourth-order valence-corrected chi connectivity index (χ4v) is 4.40. The second-order valence-electron chi connectivity index (χ2n) is 8.00. The third-order valence-electron chi connectivity index (χ3n) is 5.66. The van der Waals surface area contributed by atoms with Gasteiger partial charge in [-0.15, -0.1) is 11.6 Å². The van der Waals surface area contributed by atoms with Gasteiger partial charge in [0, 0.05) is 36.3 Å². The number of halogens is 1. The number of amides is 2. The number of aromatic nitrogens is 1. The Labute approximate surface area is 191 Å². The van der Waals surface area contributed by atoms with Gasteiger partial charge < -0.3 is 25.7 Å². The zero-order valence-corrected chi connectivity index (χ0v) is 18.9. The molecule has 1 aliphatic heterocycles. The summed E-state index contributed by atoms with van der Waals surface area (Å²) in [6.45, 7) is 4.85. The quantitative estimate of drug-likeness (QED) is 0.475. The molecule has 4 N–H and O–H groups in total. The molecule has 3 aromatic rings. The predicted molar refractivity (Wildman–Crippen MR) is 127 cm³/mol. The first-order valence-corrected chi connectivity index (χ1v) is 11.3. The number of hydrogen-bond donors (Lipinski definition) is 3. The van der Waals surface area contributed by atoms with Gasteiger partial charge in [0.2, 0.25) is 5.91 Å². The molecule has 0 aliphatic carbocycles. The summed E-state index contributed by atoms with van der Waals surface area (Å²) in [7, 11) is 0. The molecule has 8 heteroatoms. The van der Waals surface area contributed by atoms with E-state index in [0.29, 0.717) is 42.5 Å². The zero-order chi connectivity index (χ0) is 22.8. The number of nitrogens with two attached hydrogens (primary N) is 1. The Bertz CT molecular complexity index is 1140. The highest BCUT2D eigenvalue weighted by Crippen LogP contribution is 2.46. The largest absolute Gasteiger partial charge is 0.487 e. The first-order valence-electron chi connectivity index (χ1n) is 10.7. The highest BCUT2D eigenvalue weighted by atomic mass is 35.5. The van der Waals surface area contributed by atoms with Crippen LogP contribution in [0.15, 0.2) is 42.5 Å². The first kappa shape index (κ1) is 22.2. The van der Waals surface area contributed by atoms with Crippen molar-refractivity contribution in [3.63, 3.8) is 0 Å². The molecule has 1 aromatic heterocycles. The van der Waals surface area contributed by atoms with Crippen LogP contribution in [0.4, 0.5) is 5.69 Å². The van der Waals surface area contributed by atoms with Crippen molar-refractivity contribution in [1.29, 1.82) is 0 Å². The number of carbonyl (C=O) groups is 2. The normalized spacial score (nSPS) is 16.1. The Morgan fingerprint density at radius 2 is 2.06 bits per heavy atom. The number of nitrogens with one attached hydrogen (secondary N) is 2. The summed E-state index contributed by atoms with van der Waals surface area (Å²) in [4.78, 5) is 30.3. The Balaban J connectivity index is 1.85. The van der Waals surface area contributed by atoms with E-state index in [1.54, 1.807) is 11.8 Å². The molecule has 2 atom stereocenters. The van der Waals surface area contributed by atoms with Crippen molar-refractivity contribution in [2.75, 3.05) is 23.9 Å². The van der Waals surface area contributed by atoms with Gasteiger partial charge in [0.05, 0.1) is 17.2 Å². The summed E-state index contributed by atoms with van der Waals surface area (Å²) in [6, 6.07) is 12.8. The van der Waals surface area contributed by atoms with Crippen molar-refractivity contribution in [2.24, 2.45) is 5.73 Å². The van der Waals surface area contributed by atoms with Crippen molar-refractivity contribution in [2.45, 2.75) is 32.4 Å². The van der Waals surface area contributed by atoms with E-state index < -0.39 is 6.04 Å². The Hall–Kier alpha value is -3.03. The fraction of sp³-hybridized carbons (Fsp3) is 0.333. The van der Waals surface area contributed by atoms with E-state index in [2.05, 4.69) is 10.3 Å². The molecule has 0 spiro atoms. The second-order valence-corrected chi connectivity index (χ2v) is 8.31. The molecular weight excluding hydrogens is 428 g/mol. The lowest BCUT2D eigenvalue weighted by Gasteiger charge is -2.20. The molecule has 0 bridgehead atoms. The van der Waals surface area contributed by atoms with E-state index in [9.17, 15) is 9.59 Å². The summed E-state index contributed by atoms with van der Waals surface area (Å²) >= 11 is 6.30. The minimum absolute atomic E-state index is 0.0714. The lowest BCUT2D eigenvalue weighted by Crippen LogP contribution is -2.41. The van der Waals surface area contributed by atoms with Gasteiger partial charge in [-0.2, -0.15) is 0 Å². The molecule has 0 radical (unpaired) electrons. The van der Waals surface area contributed by atoms with E-state index in [-0.39, 0.29) is 17.7 Å². The van der Waals surface area contributed by atoms with Crippen LogP contribution in [0.1, 0.15) is 41.4 Å². The Morgan fingerprint density at radius 1 is 1.31 bits per heavy atom. The maximum absolute atomic E-state index is 12.8. The summed E-state index contributed by atoms with van der Waals surface area (Å²) in [6.07, 6.45) is 0. The topological polar surface area (TPSA) is 100 Å². The van der Waals surface area contributed by atoms with Gasteiger partial charge in [-0.3, -0.25) is 9.59 Å². The molecule has 4 rings (SSSR count). The van der Waals surface area contributed by atoms with E-state index in [4.69, 9.17) is 22.1 Å². The number of ether oxygens (including phenoxy) is 1. The molecule has 1 aliphatic rings. The average molecular weight is 455 g/mol. The van der Waals surface area contributed by atoms with Gasteiger partial charge in [-0.1, -0.05) is 30.3 Å². The average Bonchev–Trinajstić information content (AvgIpc) is 3.39. The maximum Gasteiger partial charge on any atom is 0.267 e. The van der Waals surface area contributed by atoms with Crippen LogP contribution in [0, 0.1) is 0 Å². The summed E-state index contributed by atoms with van der Waals surface area (Å²) in [5, 5.41) is 3.65. The van der Waals surface area contributed by atoms with Crippen LogP contribution < -0.4 is 20.7 Å². The maximum atomic E-state index is 12.8. The monoisotopic (exact) mass is 454 g/mol. The first-order chi connectivity index (χ1) is 15.4. The van der Waals surface area contributed by atoms with Gasteiger partial charge in [-0.25, -0.2) is 0 Å². The molecule has 2 aromatic carbocycles. The highest BCUT2D eigenvalue weighted by molar-refractivity contribution is 6.19. The lowest BCUT2D eigenvalue weighted by atomic mass is 9.98. The van der Waals surface area contributed by atoms with Crippen molar-refractivity contribution in [3.8, 4) is 5.75 Å². The molecule has 2 amide bonds. The molecule has 32 heavy (non-hydrogen) atoms. The molecule has 168 valence electrons. The number of alkyl halides is 1. The molecule has 1 unspecified atom stereocenters. The van der Waals surface area contributed by atoms with Crippen LogP contribution in [0.3, 0.4) is 0 Å². The standard InChI is InChI=1S/C24H27ClN4O3/c1-3-27-23(30)18-9-17-21-16(11-25)12-29(24(31)14(2)26)19(21)10-20(22(17)28-18)32-13-15-7-5-4-6-8-15/h4-10,14,16,28H,3,11-13,26H2,1-2H3,(H,27,30)/t14-,16?/m0/s1. The fourth-order valence-electron chi connectivity index (χ4n) is 4.14. The number of benzene rings is 2. The minimum Gasteiger partial charge on any atom is -0.487 e. The lowest BCUT2D eigenvalue weighted by molar-refractivity contribution is -0.119. The summed E-state index contributed by atoms with van der Waals surface area (Å²) in [5.41, 5.74) is 9.73. The van der Waals surface area contributed by atoms with Gasteiger partial charge in [-0.05, 0) is 31.0 Å². The van der Waals surface area contributed by atoms with E-state index in [1.165, 1.54) is 0 Å². The van der Waals surface area contributed by atoms with Crippen molar-refractivity contribution >= 4 is 40.0 Å². The zero-order valence-electron chi connectivity index (χ0n) is 18.2. The highest BCUT2D eigenvalue weighted by Gasteiger charge is 2.36. The van der Waals surface area contributed by atoms with E-state index in [0.717, 1.165) is 22.2 Å². The van der Waals surface area contributed by atoms with E-state index in [1.807, 2.05) is 49.4 Å². The van der Waals surface area contributed by atoms with E-state index >= 15 is 0 Å². The van der Waals surface area contributed by atoms with Crippen LogP contribution in [-0.2, 0) is 11.4 Å². The molecule has 0 fully saturated rings. The SMILES string of the molecule is CCNC(=O)c1cc2c3c(cc(OCc4ccccc4)c2[nH]1)N(C(=O)[C@H](C)N)CC3CCl. The van der Waals surface area contributed by atoms with Gasteiger partial charge in [0.15, 0.2) is 0 Å². The Kier molecular flexibility index (Phi) is 6.39. The van der Waals surface area contributed by atoms with Crippen LogP contribution >= 0.6 is 11.6 Å². The van der Waals surface area contributed by atoms with Crippen molar-refractivity contribution in [1.82, 2.24) is 10.3 Å². The second kappa shape index (κ2) is 9.22. The molecule has 0 saturated heterocycles. The minimum atomic E-state index is -0.640. The van der Waals surface area contributed by atoms with Crippen LogP contribution in [0.25, 0.3) is 10.9 Å². The summed E-state index contributed by atoms with van der Waals surface area (Å²) < 4.78 is 6.18. The smallest absolute Gasteiger partial charge is 0.267 e. The number of nitrogens with zero attached hydrogens (tertiary/aromatic N) is 1. The Morgan fingerprint density at radius 3 is 2.72 bits per heavy atom. The third kappa shape index (κ3) is 4.06. The summed E-state index contributed by atoms with van der Waals surface area (Å²) in [5.74, 6) is 0.465. The molecular formula is C24H27ClN4O3. The van der Waals surface area contributed by atoms with Gasteiger partial charge in [0.1, 0.15) is 18.1 Å². The molecule has 7 nitrogen and oxygen atoms in total. The van der Waals surface area contributed by atoms with Crippen molar-refractivity contribution in [3.05, 3.63) is 59.3 Å². The number of aromatic amines is 1. The third-order valence-corrected chi connectivity index (χ3v) is 6.03. The van der Waals surface area contributed by atoms with Crippen LogP contribution in [0.5, 0.6) is 5.75 Å². The van der Waals surface area contributed by atoms with Crippen molar-refractivity contribution < 1.29 is 14.3 Å². The number of fused-ring (bicyclic) bond motifs is 3. The van der Waals surface area contributed by atoms with Gasteiger partial charge >= 0.3 is 0 Å². The predicted octanol–water partition coefficient (Wildman–Crippen LogP) is 3.51. The number of hydrogen-bond acceptors (Lipinski definition) is 4. The van der Waals surface area contributed by atoms with Crippen LogP contribution in [-0.4, -0.2) is 41.8 Å². The number of carbonyl (C=O) groups excluding carboxylic acids is 2. The molecule has 0 saturated carbocycles. The number of H-pyrrole nitrogens is 1. The molecule has 2 heterocycles. The van der Waals surface area contributed by atoms with Crippen LogP contribution in [0.2, 0.25) is 0 Å². The van der Waals surface area contributed by atoms with Gasteiger partial charge in [0.25, 0.3) is 5.91 Å².